The minimum Gasteiger partial charge on any atom is -0.379 e. The molecule has 0 unspecified atom stereocenters. The fourth-order valence-corrected chi connectivity index (χ4v) is 3.80. The molecular formula is C15H30N2O. The lowest BCUT2D eigenvalue weighted by Gasteiger charge is -2.37. The van der Waals surface area contributed by atoms with Crippen LogP contribution >= 0.6 is 0 Å². The Labute approximate surface area is 112 Å². The zero-order valence-corrected chi connectivity index (χ0v) is 13.0. The number of fused-ring (bicyclic) bond motifs is 1. The molecule has 2 fully saturated rings. The molecule has 0 aromatic carbocycles. The number of likely N-dealkylation sites (tertiary alicyclic amines) is 1. The summed E-state index contributed by atoms with van der Waals surface area (Å²) < 4.78 is 5.91. The second kappa shape index (κ2) is 4.77. The molecule has 3 nitrogen and oxygen atoms in total. The predicted octanol–water partition coefficient (Wildman–Crippen LogP) is 2.22. The molecule has 0 spiro atoms. The van der Waals surface area contributed by atoms with Crippen LogP contribution in [0.25, 0.3) is 0 Å². The summed E-state index contributed by atoms with van der Waals surface area (Å²) in [6.45, 7) is 12.2. The van der Waals surface area contributed by atoms with Gasteiger partial charge in [0.1, 0.15) is 0 Å². The van der Waals surface area contributed by atoms with Crippen LogP contribution in [0, 0.1) is 5.41 Å². The van der Waals surface area contributed by atoms with E-state index >= 15 is 0 Å². The first-order valence-corrected chi connectivity index (χ1v) is 7.27. The second-order valence-corrected chi connectivity index (χ2v) is 7.57. The van der Waals surface area contributed by atoms with Crippen molar-refractivity contribution in [2.45, 2.75) is 58.2 Å². The van der Waals surface area contributed by atoms with Crippen LogP contribution in [-0.2, 0) is 4.74 Å². The van der Waals surface area contributed by atoms with Crippen LogP contribution in [0.2, 0.25) is 0 Å². The molecule has 0 aromatic rings. The summed E-state index contributed by atoms with van der Waals surface area (Å²) >= 11 is 0. The first-order valence-electron chi connectivity index (χ1n) is 7.27. The van der Waals surface area contributed by atoms with Crippen LogP contribution in [0.4, 0.5) is 0 Å². The van der Waals surface area contributed by atoms with Crippen LogP contribution in [0.1, 0.15) is 40.5 Å². The van der Waals surface area contributed by atoms with Gasteiger partial charge in [0.25, 0.3) is 0 Å². The normalized spacial score (nSPS) is 36.2. The second-order valence-electron chi connectivity index (χ2n) is 7.57. The third kappa shape index (κ3) is 2.73. The van der Waals surface area contributed by atoms with E-state index in [2.05, 4.69) is 51.6 Å². The standard InChI is InChI=1S/C15H30N2O/c1-12-9-15(11-18-8-7-16(5)6)10-13(15)17(12)14(2,3)4/h12-13H,7-11H2,1-6H3/t12-,13-,15+/m1/s1. The fraction of sp³-hybridized carbons (Fsp3) is 1.00. The lowest BCUT2D eigenvalue weighted by molar-refractivity contribution is 0.0767. The molecule has 0 radical (unpaired) electrons. The highest BCUT2D eigenvalue weighted by molar-refractivity contribution is 5.18. The molecule has 0 N–H and O–H groups in total. The van der Waals surface area contributed by atoms with E-state index in [-0.39, 0.29) is 0 Å². The number of likely N-dealkylation sites (N-methyl/N-ethyl adjacent to an activating group) is 1. The van der Waals surface area contributed by atoms with Gasteiger partial charge in [-0.2, -0.15) is 0 Å². The summed E-state index contributed by atoms with van der Waals surface area (Å²) in [5.41, 5.74) is 0.783. The molecule has 3 atom stereocenters. The number of hydrogen-bond donors (Lipinski definition) is 0. The first kappa shape index (κ1) is 14.3. The van der Waals surface area contributed by atoms with E-state index in [0.717, 1.165) is 25.8 Å². The Hall–Kier alpha value is -0.120. The quantitative estimate of drug-likeness (QED) is 0.700. The maximum absolute atomic E-state index is 5.91. The zero-order chi connectivity index (χ0) is 13.6. The Morgan fingerprint density at radius 1 is 1.28 bits per heavy atom. The van der Waals surface area contributed by atoms with E-state index in [9.17, 15) is 0 Å². The van der Waals surface area contributed by atoms with Crippen LogP contribution < -0.4 is 0 Å². The average molecular weight is 254 g/mol. The van der Waals surface area contributed by atoms with E-state index in [4.69, 9.17) is 4.74 Å². The first-order chi connectivity index (χ1) is 8.26. The van der Waals surface area contributed by atoms with Gasteiger partial charge in [0, 0.05) is 29.6 Å². The van der Waals surface area contributed by atoms with Gasteiger partial charge < -0.3 is 9.64 Å². The van der Waals surface area contributed by atoms with Gasteiger partial charge in [-0.3, -0.25) is 4.90 Å². The van der Waals surface area contributed by atoms with Crippen LogP contribution in [-0.4, -0.2) is 61.3 Å². The van der Waals surface area contributed by atoms with Crippen LogP contribution in [0.3, 0.4) is 0 Å². The molecule has 3 heteroatoms. The SMILES string of the molecule is C[C@@H]1C[C@@]2(COCCN(C)C)C[C@H]2N1C(C)(C)C. The molecule has 1 saturated carbocycles. The van der Waals surface area contributed by atoms with Crippen molar-refractivity contribution in [3.8, 4) is 0 Å². The third-order valence-electron chi connectivity index (χ3n) is 4.51. The van der Waals surface area contributed by atoms with Crippen molar-refractivity contribution >= 4 is 0 Å². The smallest absolute Gasteiger partial charge is 0.0593 e. The maximum Gasteiger partial charge on any atom is 0.0593 e. The van der Waals surface area contributed by atoms with Gasteiger partial charge in [-0.05, 0) is 54.6 Å². The monoisotopic (exact) mass is 254 g/mol. The van der Waals surface area contributed by atoms with Gasteiger partial charge in [0.15, 0.2) is 0 Å². The van der Waals surface area contributed by atoms with E-state index < -0.39 is 0 Å². The molecule has 1 saturated heterocycles. The van der Waals surface area contributed by atoms with Crippen LogP contribution in [0.5, 0.6) is 0 Å². The van der Waals surface area contributed by atoms with E-state index in [1.807, 2.05) is 0 Å². The molecular weight excluding hydrogens is 224 g/mol. The van der Waals surface area contributed by atoms with E-state index in [1.54, 1.807) is 0 Å². The van der Waals surface area contributed by atoms with E-state index in [0.29, 0.717) is 17.0 Å². The molecule has 0 aromatic heterocycles. The minimum atomic E-state index is 0.298. The summed E-state index contributed by atoms with van der Waals surface area (Å²) in [4.78, 5) is 4.89. The molecule has 0 bridgehead atoms. The van der Waals surface area contributed by atoms with Crippen molar-refractivity contribution in [2.75, 3.05) is 33.9 Å². The zero-order valence-electron chi connectivity index (χ0n) is 13.0. The summed E-state index contributed by atoms with van der Waals surface area (Å²) in [6, 6.07) is 1.48. The minimum absolute atomic E-state index is 0.298. The van der Waals surface area contributed by atoms with Crippen molar-refractivity contribution in [3.05, 3.63) is 0 Å². The number of rotatable bonds is 5. The summed E-state index contributed by atoms with van der Waals surface area (Å²) in [6.07, 6.45) is 2.66. The summed E-state index contributed by atoms with van der Waals surface area (Å²) in [5, 5.41) is 0. The van der Waals surface area contributed by atoms with Gasteiger partial charge in [0.05, 0.1) is 13.2 Å². The van der Waals surface area contributed by atoms with E-state index in [1.165, 1.54) is 12.8 Å². The fourth-order valence-electron chi connectivity index (χ4n) is 3.80. The molecule has 2 aliphatic rings. The Kier molecular flexibility index (Phi) is 3.79. The number of ether oxygens (including phenoxy) is 1. The summed E-state index contributed by atoms with van der Waals surface area (Å²) in [5.74, 6) is 0. The number of nitrogens with zero attached hydrogens (tertiary/aromatic N) is 2. The third-order valence-corrected chi connectivity index (χ3v) is 4.51. The summed E-state index contributed by atoms with van der Waals surface area (Å²) in [7, 11) is 4.20. The molecule has 1 aliphatic carbocycles. The van der Waals surface area contributed by atoms with Crippen molar-refractivity contribution in [3.63, 3.8) is 0 Å². The van der Waals surface area contributed by atoms with Crippen LogP contribution in [0.15, 0.2) is 0 Å². The van der Waals surface area contributed by atoms with Gasteiger partial charge in [-0.15, -0.1) is 0 Å². The van der Waals surface area contributed by atoms with Crippen molar-refractivity contribution in [1.82, 2.24) is 9.80 Å². The predicted molar refractivity (Wildman–Crippen MR) is 75.9 cm³/mol. The maximum atomic E-state index is 5.91. The largest absolute Gasteiger partial charge is 0.379 e. The highest BCUT2D eigenvalue weighted by atomic mass is 16.5. The van der Waals surface area contributed by atoms with Gasteiger partial charge in [-0.1, -0.05) is 0 Å². The lowest BCUT2D eigenvalue weighted by atomic mass is 10.0. The van der Waals surface area contributed by atoms with Gasteiger partial charge in [-0.25, -0.2) is 0 Å². The lowest BCUT2D eigenvalue weighted by Crippen LogP contribution is -2.45. The highest BCUT2D eigenvalue weighted by Crippen LogP contribution is 2.61. The molecule has 18 heavy (non-hydrogen) atoms. The number of piperidine rings is 1. The molecule has 1 aliphatic heterocycles. The van der Waals surface area contributed by atoms with Crippen molar-refractivity contribution in [1.29, 1.82) is 0 Å². The molecule has 106 valence electrons. The molecule has 2 rings (SSSR count). The topological polar surface area (TPSA) is 15.7 Å². The number of hydrogen-bond acceptors (Lipinski definition) is 3. The Morgan fingerprint density at radius 3 is 2.44 bits per heavy atom. The Morgan fingerprint density at radius 2 is 1.94 bits per heavy atom. The average Bonchev–Trinajstić information content (AvgIpc) is 2.77. The van der Waals surface area contributed by atoms with Crippen molar-refractivity contribution in [2.24, 2.45) is 5.41 Å². The Bertz CT molecular complexity index is 297. The van der Waals surface area contributed by atoms with Crippen molar-refractivity contribution < 1.29 is 4.74 Å². The van der Waals surface area contributed by atoms with Gasteiger partial charge >= 0.3 is 0 Å². The Balaban J connectivity index is 1.83. The molecule has 1 heterocycles. The highest BCUT2D eigenvalue weighted by Gasteiger charge is 2.65. The van der Waals surface area contributed by atoms with Gasteiger partial charge in [0.2, 0.25) is 0 Å². The molecule has 0 amide bonds.